The summed E-state index contributed by atoms with van der Waals surface area (Å²) in [4.78, 5) is 24.3. The van der Waals surface area contributed by atoms with E-state index in [4.69, 9.17) is 27.9 Å². The first-order valence-corrected chi connectivity index (χ1v) is 11.4. The van der Waals surface area contributed by atoms with E-state index < -0.39 is 11.8 Å². The van der Waals surface area contributed by atoms with E-state index in [1.54, 1.807) is 37.3 Å². The van der Waals surface area contributed by atoms with Gasteiger partial charge in [-0.05, 0) is 42.8 Å². The van der Waals surface area contributed by atoms with Gasteiger partial charge in [-0.2, -0.15) is 5.10 Å². The minimum absolute atomic E-state index is 0.213. The molecule has 0 fully saturated rings. The quantitative estimate of drug-likeness (QED) is 0.227. The monoisotopic (exact) mass is 547 g/mol. The summed E-state index contributed by atoms with van der Waals surface area (Å²) >= 11 is 15.5. The topological polar surface area (TPSA) is 79.8 Å². The van der Waals surface area contributed by atoms with E-state index in [9.17, 15) is 9.59 Å². The number of hydrogen-bond donors (Lipinski definition) is 2. The Morgan fingerprint density at radius 2 is 1.82 bits per heavy atom. The van der Waals surface area contributed by atoms with Gasteiger partial charge < -0.3 is 10.1 Å². The molecular formula is C24H20BrCl2N3O3. The molecule has 0 spiro atoms. The molecule has 2 N–H and O–H groups in total. The van der Waals surface area contributed by atoms with Crippen LogP contribution in [0.2, 0.25) is 10.0 Å². The number of halogens is 3. The van der Waals surface area contributed by atoms with Crippen molar-refractivity contribution in [3.63, 3.8) is 0 Å². The van der Waals surface area contributed by atoms with E-state index in [1.807, 2.05) is 36.4 Å². The lowest BCUT2D eigenvalue weighted by atomic mass is 10.1. The second-order valence-electron chi connectivity index (χ2n) is 7.01. The fourth-order valence-electron chi connectivity index (χ4n) is 2.84. The maximum Gasteiger partial charge on any atom is 0.329 e. The van der Waals surface area contributed by atoms with Crippen LogP contribution in [0.15, 0.2) is 76.3 Å². The highest BCUT2D eigenvalue weighted by atomic mass is 79.9. The number of nitrogens with one attached hydrogen (secondary N) is 2. The number of nitrogens with zero attached hydrogens (tertiary/aromatic N) is 1. The highest BCUT2D eigenvalue weighted by Gasteiger charge is 2.16. The summed E-state index contributed by atoms with van der Waals surface area (Å²) in [6.07, 6.45) is 1.40. The molecule has 170 valence electrons. The standard InChI is InChI=1S/C24H20BrCl2N3O3/c1-15(16-5-3-2-4-6-16)29-23(31)24(32)30-28-13-18-11-19(25)8-10-22(18)33-14-17-7-9-20(26)12-21(17)27/h2-13,15H,14H2,1H3,(H,29,31)(H,30,32)/b28-13-/t15-/m1/s1. The third-order valence-corrected chi connectivity index (χ3v) is 5.67. The van der Waals surface area contributed by atoms with Gasteiger partial charge in [0.1, 0.15) is 12.4 Å². The van der Waals surface area contributed by atoms with Gasteiger partial charge in [0, 0.05) is 25.6 Å². The molecule has 0 unspecified atom stereocenters. The summed E-state index contributed by atoms with van der Waals surface area (Å²) < 4.78 is 6.67. The number of ether oxygens (including phenoxy) is 1. The van der Waals surface area contributed by atoms with Crippen molar-refractivity contribution < 1.29 is 14.3 Å². The lowest BCUT2D eigenvalue weighted by Gasteiger charge is -2.13. The van der Waals surface area contributed by atoms with Crippen molar-refractivity contribution in [1.29, 1.82) is 0 Å². The van der Waals surface area contributed by atoms with E-state index in [-0.39, 0.29) is 12.6 Å². The molecule has 3 rings (SSSR count). The third-order valence-electron chi connectivity index (χ3n) is 4.59. The van der Waals surface area contributed by atoms with Crippen molar-refractivity contribution in [3.8, 4) is 5.75 Å². The summed E-state index contributed by atoms with van der Waals surface area (Å²) in [6, 6.07) is 19.5. The van der Waals surface area contributed by atoms with Gasteiger partial charge in [0.25, 0.3) is 0 Å². The van der Waals surface area contributed by atoms with Crippen LogP contribution in [0.25, 0.3) is 0 Å². The minimum atomic E-state index is -0.876. The zero-order valence-corrected chi connectivity index (χ0v) is 20.6. The van der Waals surface area contributed by atoms with Crippen LogP contribution in [-0.4, -0.2) is 18.0 Å². The van der Waals surface area contributed by atoms with Gasteiger partial charge in [0.05, 0.1) is 12.3 Å². The minimum Gasteiger partial charge on any atom is -0.488 e. The molecule has 3 aromatic carbocycles. The van der Waals surface area contributed by atoms with Crippen molar-refractivity contribution >= 4 is 57.2 Å². The van der Waals surface area contributed by atoms with Gasteiger partial charge in [0.2, 0.25) is 0 Å². The fourth-order valence-corrected chi connectivity index (χ4v) is 3.69. The maximum atomic E-state index is 12.2. The number of amides is 2. The molecule has 6 nitrogen and oxygen atoms in total. The van der Waals surface area contributed by atoms with Crippen molar-refractivity contribution in [2.45, 2.75) is 19.6 Å². The Morgan fingerprint density at radius 3 is 2.55 bits per heavy atom. The molecule has 2 amide bonds. The van der Waals surface area contributed by atoms with Crippen LogP contribution < -0.4 is 15.5 Å². The highest BCUT2D eigenvalue weighted by molar-refractivity contribution is 9.10. The van der Waals surface area contributed by atoms with Crippen molar-refractivity contribution in [3.05, 3.63) is 97.9 Å². The van der Waals surface area contributed by atoms with Crippen LogP contribution in [0.5, 0.6) is 5.75 Å². The largest absolute Gasteiger partial charge is 0.488 e. The highest BCUT2D eigenvalue weighted by Crippen LogP contribution is 2.25. The molecule has 0 aliphatic carbocycles. The Labute approximate surface area is 210 Å². The van der Waals surface area contributed by atoms with Crippen LogP contribution in [0, 0.1) is 0 Å². The molecule has 3 aromatic rings. The zero-order chi connectivity index (χ0) is 23.8. The summed E-state index contributed by atoms with van der Waals surface area (Å²) in [7, 11) is 0. The lowest BCUT2D eigenvalue weighted by Crippen LogP contribution is -2.39. The maximum absolute atomic E-state index is 12.2. The number of rotatable bonds is 7. The zero-order valence-electron chi connectivity index (χ0n) is 17.5. The molecule has 0 radical (unpaired) electrons. The summed E-state index contributed by atoms with van der Waals surface area (Å²) in [5.41, 5.74) is 4.48. The SMILES string of the molecule is C[C@@H](NC(=O)C(=O)N/N=C\c1cc(Br)ccc1OCc1ccc(Cl)cc1Cl)c1ccccc1. The molecule has 0 aliphatic heterocycles. The van der Waals surface area contributed by atoms with Crippen LogP contribution >= 0.6 is 39.1 Å². The van der Waals surface area contributed by atoms with Gasteiger partial charge in [0.15, 0.2) is 0 Å². The van der Waals surface area contributed by atoms with Gasteiger partial charge in [-0.3, -0.25) is 9.59 Å². The Kier molecular flexibility index (Phi) is 8.88. The Morgan fingerprint density at radius 1 is 1.06 bits per heavy atom. The van der Waals surface area contributed by atoms with E-state index in [0.717, 1.165) is 15.6 Å². The van der Waals surface area contributed by atoms with Gasteiger partial charge >= 0.3 is 11.8 Å². The number of benzene rings is 3. The fraction of sp³-hybridized carbons (Fsp3) is 0.125. The molecule has 9 heteroatoms. The van der Waals surface area contributed by atoms with Crippen LogP contribution in [0.3, 0.4) is 0 Å². The summed E-state index contributed by atoms with van der Waals surface area (Å²) in [5, 5.41) is 7.57. The Balaban J connectivity index is 1.61. The summed E-state index contributed by atoms with van der Waals surface area (Å²) in [5.74, 6) is -1.14. The first-order chi connectivity index (χ1) is 15.8. The normalized spacial score (nSPS) is 11.8. The molecule has 0 heterocycles. The molecule has 0 aromatic heterocycles. The second-order valence-corrected chi connectivity index (χ2v) is 8.77. The molecule has 1 atom stereocenters. The van der Waals surface area contributed by atoms with Gasteiger partial charge in [-0.1, -0.05) is 75.5 Å². The third kappa shape index (κ3) is 7.32. The molecule has 0 saturated heterocycles. The van der Waals surface area contributed by atoms with E-state index in [0.29, 0.717) is 21.4 Å². The predicted molar refractivity (Wildman–Crippen MR) is 134 cm³/mol. The Bertz CT molecular complexity index is 1170. The van der Waals surface area contributed by atoms with Gasteiger partial charge in [-0.25, -0.2) is 5.43 Å². The Hall–Kier alpha value is -2.87. The first-order valence-electron chi connectivity index (χ1n) is 9.88. The predicted octanol–water partition coefficient (Wildman–Crippen LogP) is 5.66. The molecule has 33 heavy (non-hydrogen) atoms. The van der Waals surface area contributed by atoms with Crippen LogP contribution in [0.1, 0.15) is 29.7 Å². The lowest BCUT2D eigenvalue weighted by molar-refractivity contribution is -0.139. The van der Waals surface area contributed by atoms with Crippen LogP contribution in [0.4, 0.5) is 0 Å². The number of hydrazone groups is 1. The van der Waals surface area contributed by atoms with Crippen molar-refractivity contribution in [2.75, 3.05) is 0 Å². The molecule has 0 aliphatic rings. The average Bonchev–Trinajstić information content (AvgIpc) is 2.80. The van der Waals surface area contributed by atoms with E-state index >= 15 is 0 Å². The number of carbonyl (C=O) groups is 2. The average molecular weight is 549 g/mol. The van der Waals surface area contributed by atoms with Crippen molar-refractivity contribution in [1.82, 2.24) is 10.7 Å². The smallest absolute Gasteiger partial charge is 0.329 e. The second kappa shape index (κ2) is 11.8. The number of carbonyl (C=O) groups excluding carboxylic acids is 2. The van der Waals surface area contributed by atoms with Gasteiger partial charge in [-0.15, -0.1) is 0 Å². The molecular weight excluding hydrogens is 529 g/mol. The van der Waals surface area contributed by atoms with E-state index in [1.165, 1.54) is 6.21 Å². The number of hydrogen-bond acceptors (Lipinski definition) is 4. The van der Waals surface area contributed by atoms with E-state index in [2.05, 4.69) is 31.8 Å². The van der Waals surface area contributed by atoms with Crippen molar-refractivity contribution in [2.24, 2.45) is 5.10 Å². The first kappa shape index (κ1) is 24.8. The molecule has 0 bridgehead atoms. The van der Waals surface area contributed by atoms with Crippen LogP contribution in [-0.2, 0) is 16.2 Å². The molecule has 0 saturated carbocycles. The summed E-state index contributed by atoms with van der Waals surface area (Å²) in [6.45, 7) is 2.01.